The predicted molar refractivity (Wildman–Crippen MR) is 81.7 cm³/mol. The standard InChI is InChI=1S/C19H18O/c20-19-16-11-5-9-14-8-4-10-15(18(14)16)17(19)12-13-6-2-1-3-7-13/h1-10,16-17,19-20H,11-12H2. The summed E-state index contributed by atoms with van der Waals surface area (Å²) in [4.78, 5) is 0. The summed E-state index contributed by atoms with van der Waals surface area (Å²) >= 11 is 0. The first-order valence-electron chi connectivity index (χ1n) is 7.36. The van der Waals surface area contributed by atoms with Crippen LogP contribution in [0.15, 0.2) is 54.6 Å². The van der Waals surface area contributed by atoms with E-state index in [1.54, 1.807) is 0 Å². The Morgan fingerprint density at radius 3 is 2.70 bits per heavy atom. The van der Waals surface area contributed by atoms with Crippen LogP contribution in [0.1, 0.15) is 40.5 Å². The predicted octanol–water partition coefficient (Wildman–Crippen LogP) is 3.89. The summed E-state index contributed by atoms with van der Waals surface area (Å²) in [6.07, 6.45) is 6.04. The van der Waals surface area contributed by atoms with E-state index in [1.807, 2.05) is 6.07 Å². The number of hydrogen-bond donors (Lipinski definition) is 1. The van der Waals surface area contributed by atoms with Crippen LogP contribution < -0.4 is 0 Å². The minimum absolute atomic E-state index is 0.234. The van der Waals surface area contributed by atoms with Gasteiger partial charge in [-0.3, -0.25) is 0 Å². The summed E-state index contributed by atoms with van der Waals surface area (Å²) in [7, 11) is 0. The summed E-state index contributed by atoms with van der Waals surface area (Å²) in [6.45, 7) is 0. The van der Waals surface area contributed by atoms with E-state index < -0.39 is 0 Å². The number of aliphatic hydroxyl groups is 1. The molecule has 0 saturated heterocycles. The highest BCUT2D eigenvalue weighted by molar-refractivity contribution is 5.63. The highest BCUT2D eigenvalue weighted by atomic mass is 16.3. The Morgan fingerprint density at radius 1 is 1.00 bits per heavy atom. The van der Waals surface area contributed by atoms with Crippen LogP contribution in [-0.4, -0.2) is 11.2 Å². The van der Waals surface area contributed by atoms with Crippen LogP contribution in [0.3, 0.4) is 0 Å². The lowest BCUT2D eigenvalue weighted by atomic mass is 9.87. The highest BCUT2D eigenvalue weighted by Gasteiger charge is 2.40. The lowest BCUT2D eigenvalue weighted by molar-refractivity contribution is 0.128. The summed E-state index contributed by atoms with van der Waals surface area (Å²) in [5, 5.41) is 10.8. The second kappa shape index (κ2) is 4.60. The maximum Gasteiger partial charge on any atom is 0.0683 e. The molecule has 0 saturated carbocycles. The average molecular weight is 262 g/mol. The lowest BCUT2D eigenvalue weighted by Crippen LogP contribution is -2.20. The first-order valence-corrected chi connectivity index (χ1v) is 7.36. The topological polar surface area (TPSA) is 20.2 Å². The molecule has 4 rings (SSSR count). The third kappa shape index (κ3) is 1.74. The Bertz CT molecular complexity index is 657. The Kier molecular flexibility index (Phi) is 2.75. The zero-order valence-electron chi connectivity index (χ0n) is 11.4. The summed E-state index contributed by atoms with van der Waals surface area (Å²) in [5.41, 5.74) is 5.35. The monoisotopic (exact) mass is 262 g/mol. The van der Waals surface area contributed by atoms with Crippen molar-refractivity contribution in [3.63, 3.8) is 0 Å². The molecule has 1 heteroatoms. The van der Waals surface area contributed by atoms with Gasteiger partial charge < -0.3 is 5.11 Å². The fourth-order valence-corrected chi connectivity index (χ4v) is 3.83. The molecule has 0 radical (unpaired) electrons. The molecule has 2 aromatic carbocycles. The van der Waals surface area contributed by atoms with Gasteiger partial charge in [0.15, 0.2) is 0 Å². The van der Waals surface area contributed by atoms with Crippen molar-refractivity contribution >= 4 is 6.08 Å². The molecule has 3 atom stereocenters. The number of allylic oxidation sites excluding steroid dienone is 1. The third-order valence-electron chi connectivity index (χ3n) is 4.75. The molecule has 3 unspecified atom stereocenters. The van der Waals surface area contributed by atoms with Gasteiger partial charge in [0.05, 0.1) is 6.10 Å². The average Bonchev–Trinajstić information content (AvgIpc) is 2.77. The van der Waals surface area contributed by atoms with Crippen molar-refractivity contribution in [1.82, 2.24) is 0 Å². The van der Waals surface area contributed by atoms with E-state index in [-0.39, 0.29) is 12.0 Å². The number of benzene rings is 2. The van der Waals surface area contributed by atoms with Crippen LogP contribution in [0.25, 0.3) is 6.08 Å². The number of rotatable bonds is 2. The lowest BCUT2D eigenvalue weighted by Gasteiger charge is -2.21. The van der Waals surface area contributed by atoms with E-state index >= 15 is 0 Å². The zero-order chi connectivity index (χ0) is 13.5. The molecule has 0 aliphatic heterocycles. The van der Waals surface area contributed by atoms with Crippen molar-refractivity contribution in [2.24, 2.45) is 0 Å². The zero-order valence-corrected chi connectivity index (χ0v) is 11.4. The van der Waals surface area contributed by atoms with Crippen molar-refractivity contribution in [2.45, 2.75) is 30.8 Å². The normalized spacial score (nSPS) is 26.6. The Labute approximate surface area is 119 Å². The largest absolute Gasteiger partial charge is 0.392 e. The van der Waals surface area contributed by atoms with Crippen LogP contribution in [-0.2, 0) is 6.42 Å². The van der Waals surface area contributed by atoms with E-state index in [4.69, 9.17) is 0 Å². The van der Waals surface area contributed by atoms with Crippen LogP contribution in [0.2, 0.25) is 0 Å². The van der Waals surface area contributed by atoms with Crippen molar-refractivity contribution in [3.05, 3.63) is 76.9 Å². The van der Waals surface area contributed by atoms with E-state index in [0.29, 0.717) is 5.92 Å². The fraction of sp³-hybridized carbons (Fsp3) is 0.263. The number of aliphatic hydroxyl groups excluding tert-OH is 1. The highest BCUT2D eigenvalue weighted by Crippen LogP contribution is 2.48. The van der Waals surface area contributed by atoms with Crippen molar-refractivity contribution in [1.29, 1.82) is 0 Å². The van der Waals surface area contributed by atoms with Crippen LogP contribution in [0.4, 0.5) is 0 Å². The van der Waals surface area contributed by atoms with Gasteiger partial charge in [-0.05, 0) is 35.1 Å². The van der Waals surface area contributed by atoms with Crippen LogP contribution >= 0.6 is 0 Å². The summed E-state index contributed by atoms with van der Waals surface area (Å²) in [5.74, 6) is 0.525. The van der Waals surface area contributed by atoms with Gasteiger partial charge in [0, 0.05) is 11.8 Å². The second-order valence-electron chi connectivity index (χ2n) is 5.88. The molecular weight excluding hydrogens is 244 g/mol. The van der Waals surface area contributed by atoms with Gasteiger partial charge in [-0.25, -0.2) is 0 Å². The first kappa shape index (κ1) is 11.9. The van der Waals surface area contributed by atoms with E-state index in [9.17, 15) is 5.11 Å². The summed E-state index contributed by atoms with van der Waals surface area (Å²) < 4.78 is 0. The number of hydrogen-bond acceptors (Lipinski definition) is 1. The molecule has 1 N–H and O–H groups in total. The van der Waals surface area contributed by atoms with E-state index in [0.717, 1.165) is 12.8 Å². The minimum Gasteiger partial charge on any atom is -0.392 e. The molecule has 2 aromatic rings. The molecule has 100 valence electrons. The second-order valence-corrected chi connectivity index (χ2v) is 5.88. The maximum absolute atomic E-state index is 10.8. The molecule has 2 aliphatic rings. The molecule has 20 heavy (non-hydrogen) atoms. The van der Waals surface area contributed by atoms with Gasteiger partial charge in [0.1, 0.15) is 0 Å². The maximum atomic E-state index is 10.8. The molecule has 0 heterocycles. The molecule has 0 fully saturated rings. The SMILES string of the molecule is OC1C(Cc2ccccc2)c2cccc3c2C1CC=C3. The molecule has 0 aromatic heterocycles. The Morgan fingerprint density at radius 2 is 1.85 bits per heavy atom. The van der Waals surface area contributed by atoms with Crippen molar-refractivity contribution < 1.29 is 5.11 Å². The quantitative estimate of drug-likeness (QED) is 0.870. The first-order chi connectivity index (χ1) is 9.84. The molecule has 0 bridgehead atoms. The molecule has 0 spiro atoms. The molecular formula is C19H18O. The van der Waals surface area contributed by atoms with Crippen LogP contribution in [0, 0.1) is 0 Å². The Hall–Kier alpha value is -1.86. The van der Waals surface area contributed by atoms with Gasteiger partial charge in [-0.2, -0.15) is 0 Å². The molecule has 2 aliphatic carbocycles. The van der Waals surface area contributed by atoms with Crippen molar-refractivity contribution in [3.8, 4) is 0 Å². The summed E-state index contributed by atoms with van der Waals surface area (Å²) in [6, 6.07) is 17.0. The molecule has 0 amide bonds. The van der Waals surface area contributed by atoms with Crippen LogP contribution in [0.5, 0.6) is 0 Å². The van der Waals surface area contributed by atoms with Gasteiger partial charge in [0.2, 0.25) is 0 Å². The molecule has 1 nitrogen and oxygen atoms in total. The van der Waals surface area contributed by atoms with Gasteiger partial charge in [-0.1, -0.05) is 60.7 Å². The van der Waals surface area contributed by atoms with E-state index in [1.165, 1.54) is 22.3 Å². The Balaban J connectivity index is 1.76. The smallest absolute Gasteiger partial charge is 0.0683 e. The van der Waals surface area contributed by atoms with Gasteiger partial charge >= 0.3 is 0 Å². The third-order valence-corrected chi connectivity index (χ3v) is 4.75. The fourth-order valence-electron chi connectivity index (χ4n) is 3.83. The van der Waals surface area contributed by atoms with E-state index in [2.05, 4.69) is 54.6 Å². The van der Waals surface area contributed by atoms with Gasteiger partial charge in [0.25, 0.3) is 0 Å². The minimum atomic E-state index is -0.253. The van der Waals surface area contributed by atoms with Crippen molar-refractivity contribution in [2.75, 3.05) is 0 Å². The van der Waals surface area contributed by atoms with Gasteiger partial charge in [-0.15, -0.1) is 0 Å².